The largest absolute Gasteiger partial charge is 0.309 e. The highest BCUT2D eigenvalue weighted by Crippen LogP contribution is 2.29. The standard InChI is InChI=1S/C16H26N2/c1-3-18(4-2)13-12-17-16-11-7-9-14-8-5-6-10-15(14)16/h5-6,8,10,16-17H,3-4,7,9,11-13H2,1-2H3. The van der Waals surface area contributed by atoms with Gasteiger partial charge in [-0.1, -0.05) is 38.1 Å². The van der Waals surface area contributed by atoms with Crippen molar-refractivity contribution in [3.8, 4) is 0 Å². The topological polar surface area (TPSA) is 15.3 Å². The first-order chi connectivity index (χ1) is 8.85. The number of rotatable bonds is 6. The van der Waals surface area contributed by atoms with Gasteiger partial charge in [0.2, 0.25) is 0 Å². The van der Waals surface area contributed by atoms with Crippen LogP contribution in [0.3, 0.4) is 0 Å². The molecule has 1 aromatic rings. The minimum absolute atomic E-state index is 0.575. The van der Waals surface area contributed by atoms with E-state index in [1.807, 2.05) is 0 Å². The molecule has 0 aromatic heterocycles. The summed E-state index contributed by atoms with van der Waals surface area (Å²) >= 11 is 0. The molecular weight excluding hydrogens is 220 g/mol. The first-order valence-electron chi connectivity index (χ1n) is 7.38. The molecule has 18 heavy (non-hydrogen) atoms. The number of likely N-dealkylation sites (N-methyl/N-ethyl adjacent to an activating group) is 1. The number of nitrogens with one attached hydrogen (secondary N) is 1. The summed E-state index contributed by atoms with van der Waals surface area (Å²) in [6.07, 6.45) is 3.86. The van der Waals surface area contributed by atoms with E-state index >= 15 is 0 Å². The fourth-order valence-electron chi connectivity index (χ4n) is 2.90. The quantitative estimate of drug-likeness (QED) is 0.830. The van der Waals surface area contributed by atoms with Gasteiger partial charge in [0.15, 0.2) is 0 Å². The van der Waals surface area contributed by atoms with Crippen LogP contribution in [-0.2, 0) is 6.42 Å². The molecule has 0 bridgehead atoms. The number of hydrogen-bond donors (Lipinski definition) is 1. The Hall–Kier alpha value is -0.860. The number of aryl methyl sites for hydroxylation is 1. The van der Waals surface area contributed by atoms with E-state index in [1.54, 1.807) is 5.56 Å². The second-order valence-corrected chi connectivity index (χ2v) is 5.12. The maximum absolute atomic E-state index is 3.74. The van der Waals surface area contributed by atoms with Crippen LogP contribution in [0.1, 0.15) is 43.9 Å². The Labute approximate surface area is 111 Å². The lowest BCUT2D eigenvalue weighted by Gasteiger charge is -2.27. The molecular formula is C16H26N2. The molecule has 0 saturated carbocycles. The molecule has 0 saturated heterocycles. The first-order valence-corrected chi connectivity index (χ1v) is 7.38. The second-order valence-electron chi connectivity index (χ2n) is 5.12. The van der Waals surface area contributed by atoms with E-state index in [4.69, 9.17) is 0 Å². The second kappa shape index (κ2) is 6.91. The molecule has 1 N–H and O–H groups in total. The lowest BCUT2D eigenvalue weighted by Crippen LogP contribution is -2.34. The lowest BCUT2D eigenvalue weighted by molar-refractivity contribution is 0.293. The number of hydrogen-bond acceptors (Lipinski definition) is 2. The predicted molar refractivity (Wildman–Crippen MR) is 77.9 cm³/mol. The van der Waals surface area contributed by atoms with Gasteiger partial charge in [0.05, 0.1) is 0 Å². The molecule has 0 spiro atoms. The molecule has 0 amide bonds. The predicted octanol–water partition coefficient (Wildman–Crippen LogP) is 3.00. The zero-order valence-corrected chi connectivity index (χ0v) is 11.8. The van der Waals surface area contributed by atoms with Gasteiger partial charge in [-0.25, -0.2) is 0 Å². The molecule has 2 rings (SSSR count). The molecule has 0 fully saturated rings. The smallest absolute Gasteiger partial charge is 0.0323 e. The summed E-state index contributed by atoms with van der Waals surface area (Å²) in [6.45, 7) is 9.03. The van der Waals surface area contributed by atoms with Crippen LogP contribution in [0.2, 0.25) is 0 Å². The zero-order valence-electron chi connectivity index (χ0n) is 11.8. The highest BCUT2D eigenvalue weighted by molar-refractivity contribution is 5.32. The van der Waals surface area contributed by atoms with Crippen molar-refractivity contribution in [3.05, 3.63) is 35.4 Å². The molecule has 0 aliphatic heterocycles. The van der Waals surface area contributed by atoms with E-state index in [-0.39, 0.29) is 0 Å². The minimum atomic E-state index is 0.575. The molecule has 2 heteroatoms. The average molecular weight is 246 g/mol. The summed E-state index contributed by atoms with van der Waals surface area (Å²) in [6, 6.07) is 9.49. The summed E-state index contributed by atoms with van der Waals surface area (Å²) in [5.41, 5.74) is 3.08. The summed E-state index contributed by atoms with van der Waals surface area (Å²) < 4.78 is 0. The third-order valence-corrected chi connectivity index (χ3v) is 4.08. The van der Waals surface area contributed by atoms with Crippen molar-refractivity contribution in [2.45, 2.75) is 39.2 Å². The Morgan fingerprint density at radius 3 is 2.78 bits per heavy atom. The van der Waals surface area contributed by atoms with E-state index in [1.165, 1.54) is 24.8 Å². The Kier molecular flexibility index (Phi) is 5.21. The molecule has 0 radical (unpaired) electrons. The van der Waals surface area contributed by atoms with Crippen LogP contribution in [-0.4, -0.2) is 31.1 Å². The molecule has 1 atom stereocenters. The van der Waals surface area contributed by atoms with E-state index in [0.717, 1.165) is 26.2 Å². The molecule has 0 heterocycles. The Morgan fingerprint density at radius 2 is 2.00 bits per heavy atom. The average Bonchev–Trinajstić information content (AvgIpc) is 2.44. The minimum Gasteiger partial charge on any atom is -0.309 e. The van der Waals surface area contributed by atoms with E-state index in [2.05, 4.69) is 48.3 Å². The van der Waals surface area contributed by atoms with Crippen molar-refractivity contribution in [1.29, 1.82) is 0 Å². The maximum Gasteiger partial charge on any atom is 0.0323 e. The summed E-state index contributed by atoms with van der Waals surface area (Å²) in [4.78, 5) is 2.47. The van der Waals surface area contributed by atoms with Crippen LogP contribution < -0.4 is 5.32 Å². The summed E-state index contributed by atoms with van der Waals surface area (Å²) in [5, 5.41) is 3.74. The summed E-state index contributed by atoms with van der Waals surface area (Å²) in [7, 11) is 0. The molecule has 1 aliphatic carbocycles. The van der Waals surface area contributed by atoms with E-state index in [9.17, 15) is 0 Å². The number of fused-ring (bicyclic) bond motifs is 1. The van der Waals surface area contributed by atoms with Crippen LogP contribution >= 0.6 is 0 Å². The van der Waals surface area contributed by atoms with E-state index < -0.39 is 0 Å². The maximum atomic E-state index is 3.74. The van der Waals surface area contributed by atoms with Crippen LogP contribution in [0.4, 0.5) is 0 Å². The van der Waals surface area contributed by atoms with Gasteiger partial charge in [-0.05, 0) is 43.5 Å². The highest BCUT2D eigenvalue weighted by Gasteiger charge is 2.18. The Balaban J connectivity index is 1.87. The Morgan fingerprint density at radius 1 is 1.22 bits per heavy atom. The van der Waals surface area contributed by atoms with Crippen LogP contribution in [0.5, 0.6) is 0 Å². The molecule has 1 unspecified atom stereocenters. The van der Waals surface area contributed by atoms with Crippen LogP contribution in [0.15, 0.2) is 24.3 Å². The SMILES string of the molecule is CCN(CC)CCNC1CCCc2ccccc21. The third-order valence-electron chi connectivity index (χ3n) is 4.08. The fraction of sp³-hybridized carbons (Fsp3) is 0.625. The van der Waals surface area contributed by atoms with E-state index in [0.29, 0.717) is 6.04 Å². The van der Waals surface area contributed by atoms with Gasteiger partial charge in [-0.3, -0.25) is 0 Å². The highest BCUT2D eigenvalue weighted by atomic mass is 15.1. The fourth-order valence-corrected chi connectivity index (χ4v) is 2.90. The monoisotopic (exact) mass is 246 g/mol. The lowest BCUT2D eigenvalue weighted by atomic mass is 9.88. The van der Waals surface area contributed by atoms with Crippen molar-refractivity contribution >= 4 is 0 Å². The van der Waals surface area contributed by atoms with Crippen molar-refractivity contribution in [1.82, 2.24) is 10.2 Å². The van der Waals surface area contributed by atoms with Gasteiger partial charge in [0, 0.05) is 19.1 Å². The zero-order chi connectivity index (χ0) is 12.8. The normalized spacial score (nSPS) is 18.9. The number of benzene rings is 1. The Bertz CT molecular complexity index is 358. The third kappa shape index (κ3) is 3.33. The van der Waals surface area contributed by atoms with Crippen molar-refractivity contribution < 1.29 is 0 Å². The molecule has 2 nitrogen and oxygen atoms in total. The van der Waals surface area contributed by atoms with Gasteiger partial charge in [-0.15, -0.1) is 0 Å². The van der Waals surface area contributed by atoms with Crippen LogP contribution in [0, 0.1) is 0 Å². The van der Waals surface area contributed by atoms with Gasteiger partial charge < -0.3 is 10.2 Å². The van der Waals surface area contributed by atoms with Gasteiger partial charge >= 0.3 is 0 Å². The molecule has 100 valence electrons. The van der Waals surface area contributed by atoms with Gasteiger partial charge in [0.1, 0.15) is 0 Å². The van der Waals surface area contributed by atoms with Crippen molar-refractivity contribution in [2.75, 3.05) is 26.2 Å². The van der Waals surface area contributed by atoms with Crippen molar-refractivity contribution in [2.24, 2.45) is 0 Å². The van der Waals surface area contributed by atoms with Gasteiger partial charge in [0.25, 0.3) is 0 Å². The number of nitrogens with zero attached hydrogens (tertiary/aromatic N) is 1. The molecule has 1 aliphatic rings. The van der Waals surface area contributed by atoms with Crippen LogP contribution in [0.25, 0.3) is 0 Å². The summed E-state index contributed by atoms with van der Waals surface area (Å²) in [5.74, 6) is 0. The van der Waals surface area contributed by atoms with Crippen molar-refractivity contribution in [3.63, 3.8) is 0 Å². The van der Waals surface area contributed by atoms with Gasteiger partial charge in [-0.2, -0.15) is 0 Å². The molecule has 1 aromatic carbocycles. The first kappa shape index (κ1) is 13.6.